The lowest BCUT2D eigenvalue weighted by Gasteiger charge is -2.16. The van der Waals surface area contributed by atoms with Crippen molar-refractivity contribution in [2.45, 2.75) is 61.9 Å². The minimum absolute atomic E-state index is 0.107. The molecule has 2 saturated carbocycles. The van der Waals surface area contributed by atoms with Crippen molar-refractivity contribution >= 4 is 21.4 Å². The second-order valence-electron chi connectivity index (χ2n) is 6.01. The van der Waals surface area contributed by atoms with Gasteiger partial charge in [-0.15, -0.1) is 11.3 Å². The SMILES string of the molecule is CC1CCCC1NS(=O)(=O)c1ccc(CNC2CC2)s1. The first-order valence-corrected chi connectivity index (χ1v) is 9.69. The van der Waals surface area contributed by atoms with Gasteiger partial charge in [0.1, 0.15) is 4.21 Å². The molecule has 0 spiro atoms. The molecule has 2 aliphatic rings. The predicted octanol–water partition coefficient (Wildman–Crippen LogP) is 2.47. The second kappa shape index (κ2) is 5.75. The summed E-state index contributed by atoms with van der Waals surface area (Å²) in [6.07, 6.45) is 5.70. The van der Waals surface area contributed by atoms with Crippen LogP contribution in [0.25, 0.3) is 0 Å². The molecule has 0 aliphatic heterocycles. The first-order valence-electron chi connectivity index (χ1n) is 7.39. The number of rotatable bonds is 6. The second-order valence-corrected chi connectivity index (χ2v) is 9.12. The van der Waals surface area contributed by atoms with E-state index in [1.54, 1.807) is 6.07 Å². The zero-order chi connectivity index (χ0) is 14.2. The molecule has 0 aromatic carbocycles. The van der Waals surface area contributed by atoms with Crippen LogP contribution in [0.4, 0.5) is 0 Å². The summed E-state index contributed by atoms with van der Waals surface area (Å²) in [5.41, 5.74) is 0. The third-order valence-electron chi connectivity index (χ3n) is 4.21. The number of sulfonamides is 1. The Labute approximate surface area is 125 Å². The molecule has 2 unspecified atom stereocenters. The van der Waals surface area contributed by atoms with Crippen LogP contribution in [0.2, 0.25) is 0 Å². The maximum atomic E-state index is 12.4. The van der Waals surface area contributed by atoms with Gasteiger partial charge in [-0.2, -0.15) is 0 Å². The Hall–Kier alpha value is -0.430. The van der Waals surface area contributed by atoms with Crippen LogP contribution in [0.3, 0.4) is 0 Å². The Morgan fingerprint density at radius 3 is 2.70 bits per heavy atom. The molecule has 1 aromatic rings. The Morgan fingerprint density at radius 1 is 1.25 bits per heavy atom. The summed E-state index contributed by atoms with van der Waals surface area (Å²) in [7, 11) is -3.34. The van der Waals surface area contributed by atoms with Crippen molar-refractivity contribution in [2.24, 2.45) is 5.92 Å². The first-order chi connectivity index (χ1) is 9.54. The number of hydrogen-bond acceptors (Lipinski definition) is 4. The van der Waals surface area contributed by atoms with E-state index in [0.717, 1.165) is 30.7 Å². The summed E-state index contributed by atoms with van der Waals surface area (Å²) < 4.78 is 28.1. The standard InChI is InChI=1S/C14H22N2O2S2/c1-10-3-2-4-13(10)16-20(17,18)14-8-7-12(19-14)9-15-11-5-6-11/h7-8,10-11,13,15-16H,2-6,9H2,1H3. The molecule has 20 heavy (non-hydrogen) atoms. The third-order valence-corrected chi connectivity index (χ3v) is 7.28. The van der Waals surface area contributed by atoms with Crippen molar-refractivity contribution in [3.05, 3.63) is 17.0 Å². The molecule has 0 bridgehead atoms. The molecule has 1 heterocycles. The molecule has 4 nitrogen and oxygen atoms in total. The monoisotopic (exact) mass is 314 g/mol. The molecule has 1 aromatic heterocycles. The van der Waals surface area contributed by atoms with Gasteiger partial charge in [0.2, 0.25) is 10.0 Å². The van der Waals surface area contributed by atoms with Crippen LogP contribution >= 0.6 is 11.3 Å². The van der Waals surface area contributed by atoms with E-state index in [-0.39, 0.29) is 6.04 Å². The summed E-state index contributed by atoms with van der Waals surface area (Å²) >= 11 is 1.38. The average Bonchev–Trinajstić information content (AvgIpc) is 2.95. The van der Waals surface area contributed by atoms with Crippen LogP contribution in [0.1, 0.15) is 43.9 Å². The molecule has 6 heteroatoms. The van der Waals surface area contributed by atoms with Crippen LogP contribution in [0, 0.1) is 5.92 Å². The summed E-state index contributed by atoms with van der Waals surface area (Å²) in [6, 6.07) is 4.41. The number of hydrogen-bond donors (Lipinski definition) is 2. The molecule has 0 amide bonds. The number of nitrogens with one attached hydrogen (secondary N) is 2. The van der Waals surface area contributed by atoms with E-state index in [4.69, 9.17) is 0 Å². The van der Waals surface area contributed by atoms with Gasteiger partial charge in [0.15, 0.2) is 0 Å². The Kier molecular flexibility index (Phi) is 4.17. The van der Waals surface area contributed by atoms with Crippen LogP contribution in [-0.4, -0.2) is 20.5 Å². The van der Waals surface area contributed by atoms with E-state index in [9.17, 15) is 8.42 Å². The largest absolute Gasteiger partial charge is 0.309 e. The summed E-state index contributed by atoms with van der Waals surface area (Å²) in [5.74, 6) is 0.445. The van der Waals surface area contributed by atoms with Crippen molar-refractivity contribution in [1.82, 2.24) is 10.0 Å². The fourth-order valence-electron chi connectivity index (χ4n) is 2.71. The quantitative estimate of drug-likeness (QED) is 0.848. The van der Waals surface area contributed by atoms with Crippen LogP contribution in [0.15, 0.2) is 16.3 Å². The topological polar surface area (TPSA) is 58.2 Å². The molecule has 2 fully saturated rings. The van der Waals surface area contributed by atoms with Crippen LogP contribution in [0.5, 0.6) is 0 Å². The smallest absolute Gasteiger partial charge is 0.250 e. The van der Waals surface area contributed by atoms with Gasteiger partial charge < -0.3 is 5.32 Å². The Bertz CT molecular complexity index is 563. The van der Waals surface area contributed by atoms with Crippen LogP contribution < -0.4 is 10.0 Å². The lowest BCUT2D eigenvalue weighted by Crippen LogP contribution is -2.35. The highest BCUT2D eigenvalue weighted by molar-refractivity contribution is 7.91. The molecular weight excluding hydrogens is 292 g/mol. The van der Waals surface area contributed by atoms with Gasteiger partial charge >= 0.3 is 0 Å². The highest BCUT2D eigenvalue weighted by atomic mass is 32.2. The summed E-state index contributed by atoms with van der Waals surface area (Å²) in [6.45, 7) is 2.91. The zero-order valence-electron chi connectivity index (χ0n) is 11.8. The van der Waals surface area contributed by atoms with Gasteiger partial charge in [-0.3, -0.25) is 0 Å². The molecule has 0 saturated heterocycles. The summed E-state index contributed by atoms with van der Waals surface area (Å²) in [4.78, 5) is 1.09. The van der Waals surface area contributed by atoms with E-state index >= 15 is 0 Å². The molecule has 3 rings (SSSR count). The van der Waals surface area contributed by atoms with E-state index in [1.807, 2.05) is 6.07 Å². The van der Waals surface area contributed by atoms with Crippen molar-refractivity contribution in [3.8, 4) is 0 Å². The lowest BCUT2D eigenvalue weighted by molar-refractivity contribution is 0.477. The highest BCUT2D eigenvalue weighted by Gasteiger charge is 2.29. The Morgan fingerprint density at radius 2 is 2.05 bits per heavy atom. The first kappa shape index (κ1) is 14.5. The van der Waals surface area contributed by atoms with Gasteiger partial charge in [0.25, 0.3) is 0 Å². The van der Waals surface area contributed by atoms with Gasteiger partial charge in [0.05, 0.1) is 0 Å². The molecule has 2 N–H and O–H groups in total. The van der Waals surface area contributed by atoms with Crippen LogP contribution in [-0.2, 0) is 16.6 Å². The van der Waals surface area contributed by atoms with E-state index < -0.39 is 10.0 Å². The minimum atomic E-state index is -3.34. The van der Waals surface area contributed by atoms with Crippen molar-refractivity contribution in [2.75, 3.05) is 0 Å². The van der Waals surface area contributed by atoms with E-state index in [0.29, 0.717) is 16.2 Å². The lowest BCUT2D eigenvalue weighted by atomic mass is 10.1. The molecule has 2 atom stereocenters. The average molecular weight is 314 g/mol. The molecule has 112 valence electrons. The molecular formula is C14H22N2O2S2. The van der Waals surface area contributed by atoms with E-state index in [2.05, 4.69) is 17.0 Å². The third kappa shape index (κ3) is 3.42. The normalized spacial score (nSPS) is 27.1. The molecule has 0 radical (unpaired) electrons. The van der Waals surface area contributed by atoms with Crippen molar-refractivity contribution in [3.63, 3.8) is 0 Å². The zero-order valence-corrected chi connectivity index (χ0v) is 13.4. The maximum absolute atomic E-state index is 12.4. The van der Waals surface area contributed by atoms with Gasteiger partial charge in [-0.25, -0.2) is 13.1 Å². The highest BCUT2D eigenvalue weighted by Crippen LogP contribution is 2.28. The van der Waals surface area contributed by atoms with Crippen molar-refractivity contribution < 1.29 is 8.42 Å². The van der Waals surface area contributed by atoms with Crippen molar-refractivity contribution in [1.29, 1.82) is 0 Å². The predicted molar refractivity (Wildman–Crippen MR) is 81.3 cm³/mol. The number of thiophene rings is 1. The minimum Gasteiger partial charge on any atom is -0.309 e. The van der Waals surface area contributed by atoms with Gasteiger partial charge in [-0.05, 0) is 43.7 Å². The fraction of sp³-hybridized carbons (Fsp3) is 0.714. The van der Waals surface area contributed by atoms with E-state index in [1.165, 1.54) is 24.2 Å². The Balaban J connectivity index is 1.63. The summed E-state index contributed by atoms with van der Waals surface area (Å²) in [5, 5.41) is 3.41. The fourth-order valence-corrected chi connectivity index (χ4v) is 5.41. The molecule has 2 aliphatic carbocycles. The van der Waals surface area contributed by atoms with Gasteiger partial charge in [-0.1, -0.05) is 13.3 Å². The maximum Gasteiger partial charge on any atom is 0.250 e. The van der Waals surface area contributed by atoms with Gasteiger partial charge in [0, 0.05) is 23.5 Å².